The van der Waals surface area contributed by atoms with Gasteiger partial charge in [0.2, 0.25) is 0 Å². The zero-order chi connectivity index (χ0) is 21.6. The molecule has 0 amide bonds. The summed E-state index contributed by atoms with van der Waals surface area (Å²) in [6.07, 6.45) is 0.744. The van der Waals surface area contributed by atoms with E-state index in [1.807, 2.05) is 91.0 Å². The molecule has 4 aromatic rings. The molecule has 0 unspecified atom stereocenters. The lowest BCUT2D eigenvalue weighted by Crippen LogP contribution is -2.08. The molecule has 4 rings (SSSR count). The summed E-state index contributed by atoms with van der Waals surface area (Å²) in [5.41, 5.74) is 5.85. The van der Waals surface area contributed by atoms with E-state index in [0.29, 0.717) is 18.6 Å². The number of esters is 1. The zero-order valence-electron chi connectivity index (χ0n) is 17.4. The highest BCUT2D eigenvalue weighted by Crippen LogP contribution is 2.33. The molecule has 0 spiro atoms. The van der Waals surface area contributed by atoms with E-state index in [0.717, 1.165) is 33.4 Å². The van der Waals surface area contributed by atoms with Crippen molar-refractivity contribution in [2.75, 3.05) is 0 Å². The normalized spacial score (nSPS) is 10.6. The predicted octanol–water partition coefficient (Wildman–Crippen LogP) is 6.63. The van der Waals surface area contributed by atoms with Crippen molar-refractivity contribution < 1.29 is 14.6 Å². The first-order valence-electron chi connectivity index (χ1n) is 10.4. The van der Waals surface area contributed by atoms with Gasteiger partial charge in [-0.2, -0.15) is 0 Å². The lowest BCUT2D eigenvalue weighted by atomic mass is 9.95. The Morgan fingerprint density at radius 2 is 1.26 bits per heavy atom. The van der Waals surface area contributed by atoms with E-state index in [1.165, 1.54) is 0 Å². The number of carbonyl (C=O) groups is 1. The Labute approximate surface area is 182 Å². The second kappa shape index (κ2) is 9.31. The highest BCUT2D eigenvalue weighted by Gasteiger charge is 2.13. The van der Waals surface area contributed by atoms with Gasteiger partial charge in [-0.1, -0.05) is 79.7 Å². The molecule has 0 aliphatic carbocycles. The molecule has 0 saturated heterocycles. The maximum absolute atomic E-state index is 12.0. The molecule has 0 aliphatic heterocycles. The van der Waals surface area contributed by atoms with Gasteiger partial charge in [-0.15, -0.1) is 0 Å². The molecule has 0 atom stereocenters. The van der Waals surface area contributed by atoms with Gasteiger partial charge in [-0.25, -0.2) is 0 Å². The standard InChI is InChI=1S/C28H24O3/c1-2-28(30)31-27-16-14-23(21-11-7-4-8-12-21)18-25(27)19-24-17-22(13-15-26(24)29)20-9-5-3-6-10-20/h3-18,29H,2,19H2,1H3. The highest BCUT2D eigenvalue weighted by molar-refractivity contribution is 5.74. The van der Waals surface area contributed by atoms with E-state index in [2.05, 4.69) is 0 Å². The molecule has 0 fully saturated rings. The molecule has 3 nitrogen and oxygen atoms in total. The van der Waals surface area contributed by atoms with Gasteiger partial charge in [-0.05, 0) is 52.1 Å². The Balaban J connectivity index is 1.74. The van der Waals surface area contributed by atoms with Crippen molar-refractivity contribution in [1.29, 1.82) is 0 Å². The molecule has 0 saturated carbocycles. The third-order valence-electron chi connectivity index (χ3n) is 5.25. The minimum Gasteiger partial charge on any atom is -0.508 e. The monoisotopic (exact) mass is 408 g/mol. The molecule has 154 valence electrons. The zero-order valence-corrected chi connectivity index (χ0v) is 17.4. The molecule has 0 heterocycles. The molecule has 3 heteroatoms. The van der Waals surface area contributed by atoms with E-state index in [9.17, 15) is 9.90 Å². The first-order chi connectivity index (χ1) is 15.1. The van der Waals surface area contributed by atoms with Crippen LogP contribution in [0.2, 0.25) is 0 Å². The number of phenols is 1. The molecule has 1 N–H and O–H groups in total. The fourth-order valence-electron chi connectivity index (χ4n) is 3.56. The first-order valence-corrected chi connectivity index (χ1v) is 10.4. The fourth-order valence-corrected chi connectivity index (χ4v) is 3.56. The van der Waals surface area contributed by atoms with Gasteiger partial charge in [-0.3, -0.25) is 4.79 Å². The number of hydrogen-bond acceptors (Lipinski definition) is 3. The second-order valence-corrected chi connectivity index (χ2v) is 7.40. The fraction of sp³-hybridized carbons (Fsp3) is 0.107. The van der Waals surface area contributed by atoms with E-state index in [4.69, 9.17) is 4.74 Å². The number of rotatable bonds is 6. The number of phenolic OH excluding ortho intramolecular Hbond substituents is 1. The Kier molecular flexibility index (Phi) is 6.13. The Bertz CT molecular complexity index is 1180. The predicted molar refractivity (Wildman–Crippen MR) is 124 cm³/mol. The number of carbonyl (C=O) groups excluding carboxylic acids is 1. The first kappa shape index (κ1) is 20.4. The van der Waals surface area contributed by atoms with Crippen molar-refractivity contribution in [3.05, 3.63) is 108 Å². The largest absolute Gasteiger partial charge is 0.508 e. The van der Waals surface area contributed by atoms with Gasteiger partial charge >= 0.3 is 5.97 Å². The van der Waals surface area contributed by atoms with Crippen molar-refractivity contribution in [1.82, 2.24) is 0 Å². The molecule has 0 aliphatic rings. The smallest absolute Gasteiger partial charge is 0.310 e. The van der Waals surface area contributed by atoms with Crippen LogP contribution in [0.3, 0.4) is 0 Å². The van der Waals surface area contributed by atoms with E-state index >= 15 is 0 Å². The second-order valence-electron chi connectivity index (χ2n) is 7.40. The van der Waals surface area contributed by atoms with Crippen LogP contribution in [0.4, 0.5) is 0 Å². The van der Waals surface area contributed by atoms with Crippen LogP contribution in [0.25, 0.3) is 22.3 Å². The lowest BCUT2D eigenvalue weighted by Gasteiger charge is -2.14. The van der Waals surface area contributed by atoms with Crippen LogP contribution in [-0.2, 0) is 11.2 Å². The summed E-state index contributed by atoms with van der Waals surface area (Å²) in [5.74, 6) is 0.463. The van der Waals surface area contributed by atoms with Gasteiger partial charge in [0.1, 0.15) is 11.5 Å². The topological polar surface area (TPSA) is 46.5 Å². The van der Waals surface area contributed by atoms with Crippen molar-refractivity contribution in [3.8, 4) is 33.8 Å². The van der Waals surface area contributed by atoms with Crippen molar-refractivity contribution >= 4 is 5.97 Å². The summed E-state index contributed by atoms with van der Waals surface area (Å²) < 4.78 is 5.59. The summed E-state index contributed by atoms with van der Waals surface area (Å²) in [4.78, 5) is 12.0. The van der Waals surface area contributed by atoms with Crippen molar-refractivity contribution in [3.63, 3.8) is 0 Å². The average Bonchev–Trinajstić information content (AvgIpc) is 2.82. The summed E-state index contributed by atoms with van der Waals surface area (Å²) >= 11 is 0. The van der Waals surface area contributed by atoms with Crippen molar-refractivity contribution in [2.45, 2.75) is 19.8 Å². The lowest BCUT2D eigenvalue weighted by molar-refractivity contribution is -0.134. The van der Waals surface area contributed by atoms with E-state index < -0.39 is 0 Å². The van der Waals surface area contributed by atoms with Gasteiger partial charge in [0.25, 0.3) is 0 Å². The Hall–Kier alpha value is -3.85. The molecular formula is C28H24O3. The number of hydrogen-bond donors (Lipinski definition) is 1. The molecule has 0 bridgehead atoms. The van der Waals surface area contributed by atoms with Gasteiger partial charge < -0.3 is 9.84 Å². The molecule has 0 radical (unpaired) electrons. The molecular weight excluding hydrogens is 384 g/mol. The van der Waals surface area contributed by atoms with Crippen LogP contribution < -0.4 is 4.74 Å². The minimum atomic E-state index is -0.282. The Morgan fingerprint density at radius 1 is 0.710 bits per heavy atom. The highest BCUT2D eigenvalue weighted by atomic mass is 16.5. The summed E-state index contributed by atoms with van der Waals surface area (Å²) in [5, 5.41) is 10.5. The molecule has 0 aromatic heterocycles. The SMILES string of the molecule is CCC(=O)Oc1ccc(-c2ccccc2)cc1Cc1cc(-c2ccccc2)ccc1O. The molecule has 4 aromatic carbocycles. The van der Waals surface area contributed by atoms with Crippen LogP contribution in [0, 0.1) is 0 Å². The van der Waals surface area contributed by atoms with Gasteiger partial charge in [0.15, 0.2) is 0 Å². The van der Waals surface area contributed by atoms with Crippen LogP contribution in [0.5, 0.6) is 11.5 Å². The van der Waals surface area contributed by atoms with Gasteiger partial charge in [0.05, 0.1) is 0 Å². The molecule has 31 heavy (non-hydrogen) atoms. The third-order valence-corrected chi connectivity index (χ3v) is 5.25. The van der Waals surface area contributed by atoms with Gasteiger partial charge in [0, 0.05) is 18.4 Å². The van der Waals surface area contributed by atoms with Crippen LogP contribution in [-0.4, -0.2) is 11.1 Å². The van der Waals surface area contributed by atoms with Crippen LogP contribution in [0.15, 0.2) is 97.1 Å². The van der Waals surface area contributed by atoms with E-state index in [1.54, 1.807) is 13.0 Å². The maximum Gasteiger partial charge on any atom is 0.310 e. The van der Waals surface area contributed by atoms with Crippen LogP contribution >= 0.6 is 0 Å². The number of benzene rings is 4. The average molecular weight is 408 g/mol. The van der Waals surface area contributed by atoms with Crippen LogP contribution in [0.1, 0.15) is 24.5 Å². The summed E-state index contributed by atoms with van der Waals surface area (Å²) in [7, 11) is 0. The Morgan fingerprint density at radius 3 is 1.84 bits per heavy atom. The quantitative estimate of drug-likeness (QED) is 0.288. The minimum absolute atomic E-state index is 0.220. The van der Waals surface area contributed by atoms with Crippen molar-refractivity contribution in [2.24, 2.45) is 0 Å². The number of ether oxygens (including phenoxy) is 1. The maximum atomic E-state index is 12.0. The number of aromatic hydroxyl groups is 1. The summed E-state index contributed by atoms with van der Waals surface area (Å²) in [6.45, 7) is 1.77. The summed E-state index contributed by atoms with van der Waals surface area (Å²) in [6, 6.07) is 31.6. The van der Waals surface area contributed by atoms with E-state index in [-0.39, 0.29) is 11.7 Å². The third kappa shape index (κ3) is 4.84.